The van der Waals surface area contributed by atoms with Crippen molar-refractivity contribution in [3.8, 4) is 0 Å². The maximum atomic E-state index is 13.1. The summed E-state index contributed by atoms with van der Waals surface area (Å²) >= 11 is 0. The first-order valence-electron chi connectivity index (χ1n) is 23.2. The van der Waals surface area contributed by atoms with Gasteiger partial charge in [-0.25, -0.2) is 0 Å². The lowest BCUT2D eigenvalue weighted by Crippen LogP contribution is -2.46. The first kappa shape index (κ1) is 53.3. The third-order valence-electron chi connectivity index (χ3n) is 10.1. The summed E-state index contributed by atoms with van der Waals surface area (Å²) in [5.41, 5.74) is 0. The van der Waals surface area contributed by atoms with Gasteiger partial charge in [-0.3, -0.25) is 9.59 Å². The number of carbonyl (C=O) groups excluding carboxylic acids is 2. The Morgan fingerprint density at radius 3 is 1.52 bits per heavy atom. The molecule has 0 fully saturated rings. The van der Waals surface area contributed by atoms with Gasteiger partial charge in [0.15, 0.2) is 0 Å². The molecule has 56 heavy (non-hydrogen) atoms. The Labute approximate surface area is 345 Å². The van der Waals surface area contributed by atoms with Gasteiger partial charge in [0.25, 0.3) is 0 Å². The molecule has 0 aromatic heterocycles. The molecule has 0 rings (SSSR count). The summed E-state index contributed by atoms with van der Waals surface area (Å²) < 4.78 is 5.86. The lowest BCUT2D eigenvalue weighted by Gasteiger charge is -2.24. The van der Waals surface area contributed by atoms with Crippen LogP contribution in [0.15, 0.2) is 72.9 Å². The molecule has 0 aliphatic carbocycles. The molecule has 0 aliphatic heterocycles. The average molecular weight is 782 g/mol. The zero-order valence-corrected chi connectivity index (χ0v) is 36.5. The number of hydrogen-bond donors (Lipinski definition) is 3. The van der Waals surface area contributed by atoms with E-state index in [0.29, 0.717) is 25.7 Å². The minimum atomic E-state index is -0.803. The molecule has 0 spiro atoms. The molecule has 0 saturated carbocycles. The monoisotopic (exact) mass is 782 g/mol. The summed E-state index contributed by atoms with van der Waals surface area (Å²) in [5.74, 6) is -0.576. The maximum absolute atomic E-state index is 13.1. The van der Waals surface area contributed by atoms with Gasteiger partial charge in [0.2, 0.25) is 5.91 Å². The lowest BCUT2D eigenvalue weighted by molar-refractivity contribution is -0.151. The van der Waals surface area contributed by atoms with E-state index in [1.807, 2.05) is 54.7 Å². The molecule has 0 saturated heterocycles. The van der Waals surface area contributed by atoms with E-state index in [-0.39, 0.29) is 24.9 Å². The molecule has 3 atom stereocenters. The van der Waals surface area contributed by atoms with Crippen molar-refractivity contribution < 1.29 is 24.5 Å². The first-order chi connectivity index (χ1) is 27.5. The van der Waals surface area contributed by atoms with E-state index in [2.05, 4.69) is 44.3 Å². The van der Waals surface area contributed by atoms with Gasteiger partial charge in [-0.1, -0.05) is 203 Å². The number of esters is 1. The number of ether oxygens (including phenoxy) is 1. The second-order valence-electron chi connectivity index (χ2n) is 15.5. The number of unbranched alkanes of at least 4 members (excludes halogenated alkanes) is 20. The summed E-state index contributed by atoms with van der Waals surface area (Å²) in [7, 11) is 0. The SMILES string of the molecule is CC/C=C/C=C/C=C\C=C/C=C/CCCC(=O)OC(CCCCCCC/C=C\CCCCCC)CC(=O)NC(CO)C(O)CCCCCCCCCCCCC. The third-order valence-corrected chi connectivity index (χ3v) is 10.1. The molecule has 0 aliphatic rings. The largest absolute Gasteiger partial charge is 0.462 e. The number of allylic oxidation sites excluding steroid dienone is 12. The highest BCUT2D eigenvalue weighted by molar-refractivity contribution is 5.77. The fourth-order valence-electron chi connectivity index (χ4n) is 6.63. The van der Waals surface area contributed by atoms with E-state index in [1.54, 1.807) is 0 Å². The molecule has 0 bridgehead atoms. The van der Waals surface area contributed by atoms with Crippen LogP contribution in [-0.2, 0) is 14.3 Å². The number of hydrogen-bond acceptors (Lipinski definition) is 5. The molecule has 0 aromatic rings. The highest BCUT2D eigenvalue weighted by atomic mass is 16.5. The van der Waals surface area contributed by atoms with Gasteiger partial charge in [0, 0.05) is 6.42 Å². The molecule has 6 nitrogen and oxygen atoms in total. The zero-order chi connectivity index (χ0) is 41.0. The molecular weight excluding hydrogens is 695 g/mol. The Kier molecular flexibility index (Phi) is 41.3. The number of aliphatic hydroxyl groups excluding tert-OH is 2. The van der Waals surface area contributed by atoms with E-state index in [0.717, 1.165) is 57.8 Å². The second kappa shape index (κ2) is 43.4. The van der Waals surface area contributed by atoms with Crippen LogP contribution in [0.1, 0.15) is 207 Å². The van der Waals surface area contributed by atoms with Crippen LogP contribution in [0.5, 0.6) is 0 Å². The Balaban J connectivity index is 4.74. The van der Waals surface area contributed by atoms with Crippen LogP contribution in [0.2, 0.25) is 0 Å². The van der Waals surface area contributed by atoms with Crippen molar-refractivity contribution >= 4 is 11.9 Å². The predicted octanol–water partition coefficient (Wildman–Crippen LogP) is 13.4. The van der Waals surface area contributed by atoms with Crippen LogP contribution in [-0.4, -0.2) is 46.9 Å². The van der Waals surface area contributed by atoms with Crippen LogP contribution >= 0.6 is 0 Å². The van der Waals surface area contributed by atoms with Crippen molar-refractivity contribution in [1.29, 1.82) is 0 Å². The molecule has 0 radical (unpaired) electrons. The van der Waals surface area contributed by atoms with E-state index in [9.17, 15) is 19.8 Å². The second-order valence-corrected chi connectivity index (χ2v) is 15.5. The minimum absolute atomic E-state index is 0.0404. The minimum Gasteiger partial charge on any atom is -0.462 e. The summed E-state index contributed by atoms with van der Waals surface area (Å²) in [6, 6.07) is -0.719. The van der Waals surface area contributed by atoms with Gasteiger partial charge in [-0.2, -0.15) is 0 Å². The van der Waals surface area contributed by atoms with Gasteiger partial charge < -0.3 is 20.3 Å². The summed E-state index contributed by atoms with van der Waals surface area (Å²) in [5, 5.41) is 23.6. The van der Waals surface area contributed by atoms with Crippen molar-refractivity contribution in [2.24, 2.45) is 0 Å². The number of aliphatic hydroxyl groups is 2. The normalized spacial score (nSPS) is 14.0. The Hall–Kier alpha value is -2.70. The van der Waals surface area contributed by atoms with Gasteiger partial charge >= 0.3 is 5.97 Å². The molecule has 6 heteroatoms. The van der Waals surface area contributed by atoms with E-state index in [1.165, 1.54) is 96.3 Å². The summed E-state index contributed by atoms with van der Waals surface area (Å²) in [4.78, 5) is 26.0. The van der Waals surface area contributed by atoms with Crippen molar-refractivity contribution in [2.45, 2.75) is 225 Å². The molecule has 0 aromatic carbocycles. The van der Waals surface area contributed by atoms with Crippen molar-refractivity contribution in [2.75, 3.05) is 6.61 Å². The molecule has 1 amide bonds. The smallest absolute Gasteiger partial charge is 0.306 e. The highest BCUT2D eigenvalue weighted by Crippen LogP contribution is 2.17. The van der Waals surface area contributed by atoms with E-state index < -0.39 is 18.2 Å². The van der Waals surface area contributed by atoms with Gasteiger partial charge in [0.05, 0.1) is 25.2 Å². The zero-order valence-electron chi connectivity index (χ0n) is 36.5. The number of nitrogens with one attached hydrogen (secondary N) is 1. The van der Waals surface area contributed by atoms with Crippen LogP contribution in [0.3, 0.4) is 0 Å². The Morgan fingerprint density at radius 1 is 0.536 bits per heavy atom. The first-order valence-corrected chi connectivity index (χ1v) is 23.2. The Bertz CT molecular complexity index is 1060. The molecule has 3 N–H and O–H groups in total. The van der Waals surface area contributed by atoms with Crippen LogP contribution in [0, 0.1) is 0 Å². The fraction of sp³-hybridized carbons (Fsp3) is 0.720. The topological polar surface area (TPSA) is 95.9 Å². The lowest BCUT2D eigenvalue weighted by atomic mass is 10.0. The molecular formula is C50H87NO5. The predicted molar refractivity (Wildman–Crippen MR) is 241 cm³/mol. The van der Waals surface area contributed by atoms with E-state index >= 15 is 0 Å². The maximum Gasteiger partial charge on any atom is 0.306 e. The van der Waals surface area contributed by atoms with Crippen LogP contribution < -0.4 is 5.32 Å². The van der Waals surface area contributed by atoms with Crippen LogP contribution in [0.4, 0.5) is 0 Å². The molecule has 322 valence electrons. The third kappa shape index (κ3) is 38.2. The summed E-state index contributed by atoms with van der Waals surface area (Å²) in [6.45, 7) is 6.28. The summed E-state index contributed by atoms with van der Waals surface area (Å²) in [6.07, 6.45) is 53.9. The van der Waals surface area contributed by atoms with Crippen molar-refractivity contribution in [1.82, 2.24) is 5.32 Å². The van der Waals surface area contributed by atoms with Gasteiger partial charge in [-0.05, 0) is 64.2 Å². The van der Waals surface area contributed by atoms with Gasteiger partial charge in [-0.15, -0.1) is 0 Å². The van der Waals surface area contributed by atoms with Crippen molar-refractivity contribution in [3.63, 3.8) is 0 Å². The van der Waals surface area contributed by atoms with Gasteiger partial charge in [0.1, 0.15) is 6.10 Å². The van der Waals surface area contributed by atoms with Crippen LogP contribution in [0.25, 0.3) is 0 Å². The molecule has 0 heterocycles. The number of rotatable bonds is 40. The molecule has 3 unspecified atom stereocenters. The number of carbonyl (C=O) groups is 2. The number of amides is 1. The highest BCUT2D eigenvalue weighted by Gasteiger charge is 2.24. The Morgan fingerprint density at radius 2 is 0.982 bits per heavy atom. The van der Waals surface area contributed by atoms with E-state index in [4.69, 9.17) is 4.74 Å². The standard InChI is InChI=1S/C50H87NO5/c1-4-7-10-13-16-19-22-24-27-29-32-35-38-41-46(56-50(55)43-40-37-34-31-28-25-23-20-17-14-11-8-5-2)44-49(54)51-47(45-52)48(53)42-39-36-33-30-26-21-18-15-12-9-6-3/h8,11,14,17,19-20,22-23,25,28,31,34,46-48,52-53H,4-7,9-10,12-13,15-16,18,21,24,26-27,29-30,32-33,35-45H2,1-3H3,(H,51,54)/b11-8+,17-14+,22-19-,23-20-,28-25-,34-31+. The average Bonchev–Trinajstić information content (AvgIpc) is 3.19. The quantitative estimate of drug-likeness (QED) is 0.0249. The fourth-order valence-corrected chi connectivity index (χ4v) is 6.63. The van der Waals surface area contributed by atoms with Crippen molar-refractivity contribution in [3.05, 3.63) is 72.9 Å².